The van der Waals surface area contributed by atoms with Gasteiger partial charge in [0.1, 0.15) is 17.5 Å². The Morgan fingerprint density at radius 1 is 0.969 bits per heavy atom. The Kier molecular flexibility index (Phi) is 4.97. The summed E-state index contributed by atoms with van der Waals surface area (Å²) < 4.78 is 41.1. The van der Waals surface area contributed by atoms with Crippen LogP contribution >= 0.6 is 11.8 Å². The van der Waals surface area contributed by atoms with Gasteiger partial charge in [-0.15, -0.1) is 11.8 Å². The molecule has 3 aromatic carbocycles. The molecule has 2 heterocycles. The van der Waals surface area contributed by atoms with E-state index < -0.39 is 22.3 Å². The van der Waals surface area contributed by atoms with Gasteiger partial charge in [0.2, 0.25) is 0 Å². The van der Waals surface area contributed by atoms with Crippen LogP contribution in [0.2, 0.25) is 0 Å². The summed E-state index contributed by atoms with van der Waals surface area (Å²) in [4.78, 5) is 28.8. The number of rotatable bonds is 3. The maximum atomic E-state index is 14.4. The third-order valence-electron chi connectivity index (χ3n) is 5.78. The van der Waals surface area contributed by atoms with Crippen molar-refractivity contribution in [3.05, 3.63) is 101 Å². The Morgan fingerprint density at radius 3 is 2.44 bits per heavy atom. The summed E-state index contributed by atoms with van der Waals surface area (Å²) in [5.74, 6) is -2.10. The molecule has 3 aromatic rings. The second kappa shape index (κ2) is 7.70. The number of fused-ring (bicyclic) bond motifs is 2. The minimum Gasteiger partial charge on any atom is -0.311 e. The molecule has 0 saturated carbocycles. The van der Waals surface area contributed by atoms with E-state index in [-0.39, 0.29) is 29.5 Å². The van der Waals surface area contributed by atoms with Gasteiger partial charge >= 0.3 is 0 Å². The maximum absolute atomic E-state index is 14.4. The van der Waals surface area contributed by atoms with Crippen molar-refractivity contribution < 1.29 is 22.8 Å². The fourth-order valence-corrected chi connectivity index (χ4v) is 5.75. The van der Waals surface area contributed by atoms with Crippen molar-refractivity contribution in [3.8, 4) is 0 Å². The summed E-state index contributed by atoms with van der Waals surface area (Å²) in [5, 5.41) is 0. The Bertz CT molecular complexity index is 1230. The molecule has 0 unspecified atom stereocenters. The zero-order valence-electron chi connectivity index (χ0n) is 16.7. The largest absolute Gasteiger partial charge is 0.311 e. The lowest BCUT2D eigenvalue weighted by Gasteiger charge is -2.33. The first-order chi connectivity index (χ1) is 15.4. The predicted molar refractivity (Wildman–Crippen MR) is 116 cm³/mol. The Morgan fingerprint density at radius 2 is 1.69 bits per heavy atom. The molecule has 1 spiro atoms. The standard InChI is InChI=1S/C24H17F3N2O2S/c25-17-8-5-15(6-9-17)22(30)29-11-12-32-24(29)19-3-1-2-4-21(19)28(23(24)31)14-16-7-10-18(26)13-20(16)27/h1-10,13H,11-12,14H2/t24-/m1/s1. The van der Waals surface area contributed by atoms with Crippen molar-refractivity contribution in [2.45, 2.75) is 11.4 Å². The summed E-state index contributed by atoms with van der Waals surface area (Å²) in [5.41, 5.74) is 1.67. The van der Waals surface area contributed by atoms with Gasteiger partial charge in [-0.1, -0.05) is 24.3 Å². The number of hydrogen-bond donors (Lipinski definition) is 0. The molecule has 5 rings (SSSR count). The van der Waals surface area contributed by atoms with Gasteiger partial charge in [0, 0.05) is 35.1 Å². The Labute approximate surface area is 186 Å². The molecule has 0 N–H and O–H groups in total. The average Bonchev–Trinajstić information content (AvgIpc) is 3.33. The first kappa shape index (κ1) is 20.6. The maximum Gasteiger partial charge on any atom is 0.268 e. The average molecular weight is 454 g/mol. The van der Waals surface area contributed by atoms with Gasteiger partial charge < -0.3 is 9.80 Å². The first-order valence-electron chi connectivity index (χ1n) is 9.99. The highest BCUT2D eigenvalue weighted by atomic mass is 32.2. The molecule has 2 aliphatic heterocycles. The number of hydrogen-bond acceptors (Lipinski definition) is 3. The lowest BCUT2D eigenvalue weighted by atomic mass is 10.0. The van der Waals surface area contributed by atoms with Gasteiger partial charge in [-0.3, -0.25) is 9.59 Å². The van der Waals surface area contributed by atoms with Crippen LogP contribution in [0.3, 0.4) is 0 Å². The second-order valence-electron chi connectivity index (χ2n) is 7.60. The number of nitrogens with zero attached hydrogens (tertiary/aromatic N) is 2. The van der Waals surface area contributed by atoms with E-state index in [1.807, 2.05) is 0 Å². The molecule has 1 saturated heterocycles. The third-order valence-corrected chi connectivity index (χ3v) is 7.20. The van der Waals surface area contributed by atoms with Gasteiger partial charge in [0.05, 0.1) is 12.2 Å². The van der Waals surface area contributed by atoms with E-state index >= 15 is 0 Å². The van der Waals surface area contributed by atoms with Crippen LogP contribution in [0.4, 0.5) is 18.9 Å². The van der Waals surface area contributed by atoms with Gasteiger partial charge in [-0.25, -0.2) is 13.2 Å². The molecule has 32 heavy (non-hydrogen) atoms. The highest BCUT2D eigenvalue weighted by molar-refractivity contribution is 8.01. The highest BCUT2D eigenvalue weighted by Crippen LogP contribution is 2.54. The molecule has 0 aliphatic carbocycles. The van der Waals surface area contributed by atoms with E-state index in [1.165, 1.54) is 51.9 Å². The van der Waals surface area contributed by atoms with Crippen LogP contribution in [-0.2, 0) is 16.2 Å². The summed E-state index contributed by atoms with van der Waals surface area (Å²) in [6, 6.07) is 15.5. The van der Waals surface area contributed by atoms with Crippen LogP contribution in [0.5, 0.6) is 0 Å². The van der Waals surface area contributed by atoms with E-state index in [0.717, 1.165) is 12.1 Å². The molecule has 2 amide bonds. The third kappa shape index (κ3) is 3.09. The van der Waals surface area contributed by atoms with Crippen LogP contribution in [-0.4, -0.2) is 29.0 Å². The number of halogens is 3. The zero-order valence-corrected chi connectivity index (χ0v) is 17.5. The van der Waals surface area contributed by atoms with Crippen molar-refractivity contribution in [2.75, 3.05) is 17.2 Å². The monoisotopic (exact) mass is 454 g/mol. The summed E-state index contributed by atoms with van der Waals surface area (Å²) in [6.07, 6.45) is 0. The van der Waals surface area contributed by atoms with Crippen molar-refractivity contribution >= 4 is 29.3 Å². The van der Waals surface area contributed by atoms with E-state index in [2.05, 4.69) is 0 Å². The number of benzene rings is 3. The molecule has 0 radical (unpaired) electrons. The van der Waals surface area contributed by atoms with Crippen LogP contribution < -0.4 is 4.90 Å². The fraction of sp³-hybridized carbons (Fsp3) is 0.167. The zero-order chi connectivity index (χ0) is 22.5. The molecular formula is C24H17F3N2O2S. The quantitative estimate of drug-likeness (QED) is 0.577. The second-order valence-corrected chi connectivity index (χ2v) is 8.89. The number of anilines is 1. The number of thioether (sulfide) groups is 1. The predicted octanol–water partition coefficient (Wildman–Crippen LogP) is 4.69. The minimum absolute atomic E-state index is 0.0944. The van der Waals surface area contributed by atoms with E-state index in [9.17, 15) is 22.8 Å². The Hall–Kier alpha value is -3.26. The van der Waals surface area contributed by atoms with Crippen LogP contribution in [0.15, 0.2) is 66.7 Å². The molecule has 4 nitrogen and oxygen atoms in total. The normalized spacial score (nSPS) is 19.7. The molecule has 8 heteroatoms. The van der Waals surface area contributed by atoms with Gasteiger partial charge in [-0.2, -0.15) is 0 Å². The van der Waals surface area contributed by atoms with Crippen molar-refractivity contribution in [1.82, 2.24) is 4.90 Å². The number of carbonyl (C=O) groups is 2. The van der Waals surface area contributed by atoms with E-state index in [0.29, 0.717) is 23.5 Å². The van der Waals surface area contributed by atoms with Crippen LogP contribution in [0.25, 0.3) is 0 Å². The molecular weight excluding hydrogens is 437 g/mol. The van der Waals surface area contributed by atoms with Crippen LogP contribution in [0, 0.1) is 17.5 Å². The number of para-hydroxylation sites is 1. The molecule has 1 fully saturated rings. The van der Waals surface area contributed by atoms with Crippen LogP contribution in [0.1, 0.15) is 21.5 Å². The van der Waals surface area contributed by atoms with Crippen molar-refractivity contribution in [1.29, 1.82) is 0 Å². The van der Waals surface area contributed by atoms with Crippen molar-refractivity contribution in [3.63, 3.8) is 0 Å². The first-order valence-corrected chi connectivity index (χ1v) is 11.0. The molecule has 2 aliphatic rings. The summed E-state index contributed by atoms with van der Waals surface area (Å²) >= 11 is 1.34. The van der Waals surface area contributed by atoms with Gasteiger partial charge in [0.15, 0.2) is 4.87 Å². The van der Waals surface area contributed by atoms with E-state index in [4.69, 9.17) is 0 Å². The molecule has 162 valence electrons. The smallest absolute Gasteiger partial charge is 0.268 e. The highest BCUT2D eigenvalue weighted by Gasteiger charge is 2.59. The number of carbonyl (C=O) groups excluding carboxylic acids is 2. The molecule has 0 aromatic heterocycles. The summed E-state index contributed by atoms with van der Waals surface area (Å²) in [7, 11) is 0. The minimum atomic E-state index is -1.29. The van der Waals surface area contributed by atoms with Gasteiger partial charge in [-0.05, 0) is 36.4 Å². The lowest BCUT2D eigenvalue weighted by molar-refractivity contribution is -0.123. The lowest BCUT2D eigenvalue weighted by Crippen LogP contribution is -2.50. The SMILES string of the molecule is O=C(c1ccc(F)cc1)N1CCS[C@]12C(=O)N(Cc1ccc(F)cc1F)c1ccccc12. The van der Waals surface area contributed by atoms with Gasteiger partial charge in [0.25, 0.3) is 11.8 Å². The molecule has 1 atom stereocenters. The fourth-order valence-electron chi connectivity index (χ4n) is 4.29. The Balaban J connectivity index is 1.57. The number of amides is 2. The van der Waals surface area contributed by atoms with E-state index in [1.54, 1.807) is 24.3 Å². The summed E-state index contributed by atoms with van der Waals surface area (Å²) in [6.45, 7) is 0.239. The van der Waals surface area contributed by atoms with Crippen molar-refractivity contribution in [2.24, 2.45) is 0 Å². The molecule has 0 bridgehead atoms. The topological polar surface area (TPSA) is 40.6 Å².